The molecule has 0 spiro atoms. The lowest BCUT2D eigenvalue weighted by Crippen LogP contribution is -2.43. The molecule has 182 valence electrons. The number of rotatable bonds is 7. The third-order valence-corrected chi connectivity index (χ3v) is 6.46. The third-order valence-electron chi connectivity index (χ3n) is 6.46. The lowest BCUT2D eigenvalue weighted by molar-refractivity contribution is 0.102. The molecule has 1 amide bonds. The molecule has 2 fully saturated rings. The number of anilines is 5. The molecule has 3 aromatic rings. The van der Waals surface area contributed by atoms with Crippen LogP contribution in [-0.2, 0) is 0 Å². The molecule has 0 radical (unpaired) electrons. The fourth-order valence-electron chi connectivity index (χ4n) is 4.54. The van der Waals surface area contributed by atoms with Crippen molar-refractivity contribution in [1.82, 2.24) is 15.3 Å². The van der Waals surface area contributed by atoms with Crippen molar-refractivity contribution in [3.05, 3.63) is 66.1 Å². The summed E-state index contributed by atoms with van der Waals surface area (Å²) in [5.41, 5.74) is 2.44. The largest absolute Gasteiger partial charge is 0.369 e. The molecule has 2 aliphatic rings. The van der Waals surface area contributed by atoms with Crippen molar-refractivity contribution < 1.29 is 9.18 Å². The van der Waals surface area contributed by atoms with Gasteiger partial charge in [-0.15, -0.1) is 0 Å². The van der Waals surface area contributed by atoms with Gasteiger partial charge in [0.2, 0.25) is 5.95 Å². The summed E-state index contributed by atoms with van der Waals surface area (Å²) in [5.74, 6) is -0.110. The second-order valence-corrected chi connectivity index (χ2v) is 8.92. The van der Waals surface area contributed by atoms with Crippen molar-refractivity contribution in [2.24, 2.45) is 0 Å². The molecule has 4 N–H and O–H groups in total. The lowest BCUT2D eigenvalue weighted by atomic mass is 10.2. The summed E-state index contributed by atoms with van der Waals surface area (Å²) < 4.78 is 14.1. The van der Waals surface area contributed by atoms with E-state index in [1.807, 2.05) is 12.1 Å². The summed E-state index contributed by atoms with van der Waals surface area (Å²) in [6, 6.07) is 14.5. The van der Waals surface area contributed by atoms with Crippen LogP contribution in [0.1, 0.15) is 36.0 Å². The minimum atomic E-state index is -0.491. The van der Waals surface area contributed by atoms with Gasteiger partial charge in [-0.3, -0.25) is 4.79 Å². The van der Waals surface area contributed by atoms with Crippen molar-refractivity contribution in [3.63, 3.8) is 0 Å². The number of hydrogen-bond acceptors (Lipinski definition) is 7. The molecule has 1 saturated heterocycles. The first-order valence-electron chi connectivity index (χ1n) is 12.2. The van der Waals surface area contributed by atoms with Crippen molar-refractivity contribution >= 4 is 34.7 Å². The highest BCUT2D eigenvalue weighted by Gasteiger charge is 2.21. The van der Waals surface area contributed by atoms with Crippen LogP contribution in [0, 0.1) is 5.82 Å². The van der Waals surface area contributed by atoms with Crippen LogP contribution >= 0.6 is 0 Å². The maximum Gasteiger partial charge on any atom is 0.261 e. The van der Waals surface area contributed by atoms with Gasteiger partial charge in [0, 0.05) is 49.8 Å². The molecule has 0 atom stereocenters. The molecule has 8 nitrogen and oxygen atoms in total. The smallest absolute Gasteiger partial charge is 0.261 e. The number of hydrogen-bond donors (Lipinski definition) is 4. The zero-order valence-corrected chi connectivity index (χ0v) is 19.6. The Labute approximate surface area is 204 Å². The topological polar surface area (TPSA) is 94.2 Å². The quantitative estimate of drug-likeness (QED) is 0.403. The lowest BCUT2D eigenvalue weighted by Gasteiger charge is -2.29. The number of para-hydroxylation sites is 1. The number of amides is 1. The van der Waals surface area contributed by atoms with Gasteiger partial charge in [-0.25, -0.2) is 9.37 Å². The maximum absolute atomic E-state index is 14.1. The van der Waals surface area contributed by atoms with E-state index in [9.17, 15) is 9.18 Å². The third kappa shape index (κ3) is 5.68. The molecule has 2 heterocycles. The van der Waals surface area contributed by atoms with Crippen LogP contribution < -0.4 is 26.2 Å². The number of benzene rings is 2. The summed E-state index contributed by atoms with van der Waals surface area (Å²) in [6.07, 6.45) is 5.81. The molecular weight excluding hydrogens is 445 g/mol. The van der Waals surface area contributed by atoms with E-state index in [-0.39, 0.29) is 17.3 Å². The molecular formula is C26H30FN7O. The average Bonchev–Trinajstić information content (AvgIpc) is 3.40. The minimum absolute atomic E-state index is 0.121. The Morgan fingerprint density at radius 1 is 1.03 bits per heavy atom. The molecule has 1 aliphatic carbocycles. The Hall–Kier alpha value is -3.72. The second-order valence-electron chi connectivity index (χ2n) is 8.92. The van der Waals surface area contributed by atoms with E-state index in [4.69, 9.17) is 0 Å². The summed E-state index contributed by atoms with van der Waals surface area (Å²) >= 11 is 0. The standard InChI is InChI=1S/C26H30FN7O/c27-22-7-3-4-8-23(22)32-25(35)21-17-29-26(33-24(21)30-18-5-1-2-6-18)31-19-9-11-20(12-10-19)34-15-13-28-14-16-34/h3-4,7-12,17-18,28H,1-2,5-6,13-16H2,(H,32,35)(H2,29,30,31,33). The Morgan fingerprint density at radius 2 is 1.77 bits per heavy atom. The minimum Gasteiger partial charge on any atom is -0.369 e. The predicted molar refractivity (Wildman–Crippen MR) is 137 cm³/mol. The number of carbonyl (C=O) groups is 1. The first-order chi connectivity index (χ1) is 17.2. The number of carbonyl (C=O) groups excluding carboxylic acids is 1. The van der Waals surface area contributed by atoms with Crippen LogP contribution in [0.15, 0.2) is 54.7 Å². The normalized spacial score (nSPS) is 16.2. The first-order valence-corrected chi connectivity index (χ1v) is 12.2. The van der Waals surface area contributed by atoms with Gasteiger partial charge in [0.1, 0.15) is 17.2 Å². The highest BCUT2D eigenvalue weighted by molar-refractivity contribution is 6.07. The SMILES string of the molecule is O=C(Nc1ccccc1F)c1cnc(Nc2ccc(N3CCNCC3)cc2)nc1NC1CCCC1. The molecule has 2 aromatic carbocycles. The van der Waals surface area contributed by atoms with Gasteiger partial charge in [-0.2, -0.15) is 4.98 Å². The van der Waals surface area contributed by atoms with Gasteiger partial charge in [0.15, 0.2) is 0 Å². The fraction of sp³-hybridized carbons (Fsp3) is 0.346. The zero-order valence-electron chi connectivity index (χ0n) is 19.6. The van der Waals surface area contributed by atoms with Crippen LogP contribution in [-0.4, -0.2) is 48.1 Å². The zero-order chi connectivity index (χ0) is 24.0. The van der Waals surface area contributed by atoms with E-state index >= 15 is 0 Å². The van der Waals surface area contributed by atoms with Crippen molar-refractivity contribution in [1.29, 1.82) is 0 Å². The predicted octanol–water partition coefficient (Wildman–Crippen LogP) is 4.38. The number of aromatic nitrogens is 2. The number of piperazine rings is 1. The van der Waals surface area contributed by atoms with Gasteiger partial charge in [-0.1, -0.05) is 25.0 Å². The molecule has 5 rings (SSSR count). The molecule has 1 aromatic heterocycles. The molecule has 0 bridgehead atoms. The molecule has 9 heteroatoms. The van der Waals surface area contributed by atoms with E-state index in [0.29, 0.717) is 11.8 Å². The number of nitrogens with zero attached hydrogens (tertiary/aromatic N) is 3. The second kappa shape index (κ2) is 10.7. The Kier molecular flexibility index (Phi) is 7.04. The van der Waals surface area contributed by atoms with Gasteiger partial charge in [0.25, 0.3) is 5.91 Å². The van der Waals surface area contributed by atoms with Crippen molar-refractivity contribution in [2.75, 3.05) is 47.0 Å². The Balaban J connectivity index is 1.34. The number of nitrogens with one attached hydrogen (secondary N) is 4. The van der Waals surface area contributed by atoms with E-state index in [1.165, 1.54) is 24.0 Å². The van der Waals surface area contributed by atoms with E-state index in [2.05, 4.69) is 48.3 Å². The Morgan fingerprint density at radius 3 is 2.51 bits per heavy atom. The molecule has 35 heavy (non-hydrogen) atoms. The van der Waals surface area contributed by atoms with Gasteiger partial charge in [-0.05, 0) is 49.2 Å². The van der Waals surface area contributed by atoms with Gasteiger partial charge >= 0.3 is 0 Å². The fourth-order valence-corrected chi connectivity index (χ4v) is 4.54. The molecule has 0 unspecified atom stereocenters. The van der Waals surface area contributed by atoms with Gasteiger partial charge in [0.05, 0.1) is 5.69 Å². The van der Waals surface area contributed by atoms with E-state index < -0.39 is 11.7 Å². The highest BCUT2D eigenvalue weighted by atomic mass is 19.1. The highest BCUT2D eigenvalue weighted by Crippen LogP contribution is 2.26. The summed E-state index contributed by atoms with van der Waals surface area (Å²) in [5, 5.41) is 12.6. The van der Waals surface area contributed by atoms with Crippen LogP contribution in [0.5, 0.6) is 0 Å². The molecule has 1 aliphatic heterocycles. The first kappa shape index (κ1) is 23.0. The summed E-state index contributed by atoms with van der Waals surface area (Å²) in [7, 11) is 0. The van der Waals surface area contributed by atoms with Crippen molar-refractivity contribution in [2.45, 2.75) is 31.7 Å². The van der Waals surface area contributed by atoms with Crippen molar-refractivity contribution in [3.8, 4) is 0 Å². The summed E-state index contributed by atoms with van der Waals surface area (Å²) in [6.45, 7) is 3.95. The van der Waals surface area contributed by atoms with Crippen LogP contribution in [0.3, 0.4) is 0 Å². The number of halogens is 1. The van der Waals surface area contributed by atoms with E-state index in [1.54, 1.807) is 12.1 Å². The van der Waals surface area contributed by atoms with Crippen LogP contribution in [0.25, 0.3) is 0 Å². The van der Waals surface area contributed by atoms with Crippen LogP contribution in [0.2, 0.25) is 0 Å². The monoisotopic (exact) mass is 475 g/mol. The van der Waals surface area contributed by atoms with Crippen LogP contribution in [0.4, 0.5) is 33.2 Å². The average molecular weight is 476 g/mol. The summed E-state index contributed by atoms with van der Waals surface area (Å²) in [4.78, 5) is 24.3. The Bertz CT molecular complexity index is 1160. The molecule has 1 saturated carbocycles. The maximum atomic E-state index is 14.1. The van der Waals surface area contributed by atoms with Gasteiger partial charge < -0.3 is 26.2 Å². The van der Waals surface area contributed by atoms with E-state index in [0.717, 1.165) is 57.5 Å².